The molecule has 4 rings (SSSR count). The number of benzene rings is 2. The van der Waals surface area contributed by atoms with Gasteiger partial charge < -0.3 is 9.64 Å². The molecule has 154 valence electrons. The maximum atomic E-state index is 12.8. The highest BCUT2D eigenvalue weighted by Crippen LogP contribution is 2.28. The lowest BCUT2D eigenvalue weighted by atomic mass is 10.0. The van der Waals surface area contributed by atoms with Crippen molar-refractivity contribution in [3.05, 3.63) is 70.8 Å². The molecule has 2 aromatic rings. The van der Waals surface area contributed by atoms with Crippen molar-refractivity contribution >= 4 is 23.7 Å². The fourth-order valence-corrected chi connectivity index (χ4v) is 3.82. The number of aryl methyl sites for hydroxylation is 1. The van der Waals surface area contributed by atoms with Crippen LogP contribution < -0.4 is 5.32 Å². The van der Waals surface area contributed by atoms with Crippen LogP contribution in [0.1, 0.15) is 46.3 Å². The lowest BCUT2D eigenvalue weighted by Gasteiger charge is -2.29. The molecule has 7 nitrogen and oxygen atoms in total. The predicted octanol–water partition coefficient (Wildman–Crippen LogP) is 2.12. The molecule has 2 heterocycles. The van der Waals surface area contributed by atoms with Crippen molar-refractivity contribution in [3.8, 4) is 0 Å². The number of hydrogen-bond donors (Lipinski definition) is 1. The summed E-state index contributed by atoms with van der Waals surface area (Å²) < 4.78 is 5.35. The molecule has 2 aromatic carbocycles. The van der Waals surface area contributed by atoms with Gasteiger partial charge in [-0.15, -0.1) is 0 Å². The number of rotatable bonds is 6. The first kappa shape index (κ1) is 19.8. The Morgan fingerprint density at radius 3 is 2.63 bits per heavy atom. The van der Waals surface area contributed by atoms with Crippen molar-refractivity contribution in [2.45, 2.75) is 44.9 Å². The highest BCUT2D eigenvalue weighted by Gasteiger charge is 2.39. The Kier molecular flexibility index (Phi) is 5.61. The second kappa shape index (κ2) is 8.49. The zero-order valence-electron chi connectivity index (χ0n) is 16.4. The van der Waals surface area contributed by atoms with Crippen molar-refractivity contribution in [2.75, 3.05) is 0 Å². The van der Waals surface area contributed by atoms with E-state index in [0.717, 1.165) is 16.7 Å². The third-order valence-electron chi connectivity index (χ3n) is 5.45. The minimum atomic E-state index is -0.637. The first-order chi connectivity index (χ1) is 14.5. The van der Waals surface area contributed by atoms with E-state index in [2.05, 4.69) is 5.32 Å². The van der Waals surface area contributed by atoms with Gasteiger partial charge in [0.05, 0.1) is 0 Å². The van der Waals surface area contributed by atoms with Crippen molar-refractivity contribution in [1.29, 1.82) is 0 Å². The number of carbonyl (C=O) groups is 4. The van der Waals surface area contributed by atoms with Gasteiger partial charge in [-0.3, -0.25) is 24.5 Å². The number of piperidine rings is 1. The largest absolute Gasteiger partial charge is 0.461 e. The Hall–Kier alpha value is -3.48. The molecule has 3 amide bonds. The van der Waals surface area contributed by atoms with Crippen LogP contribution in [0.4, 0.5) is 0 Å². The van der Waals surface area contributed by atoms with E-state index in [1.807, 2.05) is 42.5 Å². The summed E-state index contributed by atoms with van der Waals surface area (Å²) >= 11 is 0. The Morgan fingerprint density at radius 1 is 1.07 bits per heavy atom. The molecule has 30 heavy (non-hydrogen) atoms. The van der Waals surface area contributed by atoms with Crippen LogP contribution in [-0.4, -0.2) is 34.6 Å². The molecule has 0 bridgehead atoms. The Labute approximate surface area is 174 Å². The fourth-order valence-electron chi connectivity index (χ4n) is 3.82. The number of nitrogens with zero attached hydrogens (tertiary/aromatic N) is 1. The normalized spacial score (nSPS) is 18.2. The van der Waals surface area contributed by atoms with Crippen molar-refractivity contribution < 1.29 is 23.9 Å². The van der Waals surface area contributed by atoms with Crippen LogP contribution in [0.5, 0.6) is 0 Å². The number of hydrogen-bond acceptors (Lipinski definition) is 5. The molecule has 0 saturated carbocycles. The molecule has 7 heteroatoms. The first-order valence-corrected chi connectivity index (χ1v) is 9.97. The van der Waals surface area contributed by atoms with E-state index in [1.54, 1.807) is 6.07 Å². The topological polar surface area (TPSA) is 92.8 Å². The zero-order valence-corrected chi connectivity index (χ0v) is 16.4. The Morgan fingerprint density at radius 2 is 1.87 bits per heavy atom. The van der Waals surface area contributed by atoms with Crippen molar-refractivity contribution in [2.24, 2.45) is 0 Å². The molecule has 1 N–H and O–H groups in total. The Bertz CT molecular complexity index is 1000. The summed E-state index contributed by atoms with van der Waals surface area (Å²) in [4.78, 5) is 49.8. The maximum absolute atomic E-state index is 12.8. The van der Waals surface area contributed by atoms with Crippen LogP contribution in [0, 0.1) is 0 Å². The van der Waals surface area contributed by atoms with Gasteiger partial charge >= 0.3 is 5.97 Å². The summed E-state index contributed by atoms with van der Waals surface area (Å²) in [7, 11) is 0. The van der Waals surface area contributed by atoms with Crippen LogP contribution in [0.15, 0.2) is 48.5 Å². The molecule has 1 fully saturated rings. The van der Waals surface area contributed by atoms with Crippen LogP contribution in [0.25, 0.3) is 0 Å². The maximum Gasteiger partial charge on any atom is 0.306 e. The summed E-state index contributed by atoms with van der Waals surface area (Å²) in [5, 5.41) is 2.29. The molecule has 1 atom stereocenters. The summed E-state index contributed by atoms with van der Waals surface area (Å²) in [5.74, 6) is -1.27. The SMILES string of the molecule is O=C1CCC(N2Cc3ccc(COC(=O)CCc4ccccc4)cc3C2=O)C(=O)N1. The summed E-state index contributed by atoms with van der Waals surface area (Å²) in [6.07, 6.45) is 1.46. The minimum absolute atomic E-state index is 0.0899. The number of carbonyl (C=O) groups excluding carboxylic acids is 4. The lowest BCUT2D eigenvalue weighted by molar-refractivity contribution is -0.145. The molecule has 1 saturated heterocycles. The average Bonchev–Trinajstić information content (AvgIpc) is 3.07. The lowest BCUT2D eigenvalue weighted by Crippen LogP contribution is -2.52. The van der Waals surface area contributed by atoms with E-state index >= 15 is 0 Å². The van der Waals surface area contributed by atoms with E-state index in [4.69, 9.17) is 4.74 Å². The van der Waals surface area contributed by atoms with E-state index in [9.17, 15) is 19.2 Å². The van der Waals surface area contributed by atoms with E-state index in [-0.39, 0.29) is 37.2 Å². The van der Waals surface area contributed by atoms with Crippen LogP contribution in [0.2, 0.25) is 0 Å². The fraction of sp³-hybridized carbons (Fsp3) is 0.304. The number of nitrogens with one attached hydrogen (secondary N) is 1. The summed E-state index contributed by atoms with van der Waals surface area (Å²) in [6, 6.07) is 14.5. The van der Waals surface area contributed by atoms with Gasteiger partial charge in [0.2, 0.25) is 11.8 Å². The predicted molar refractivity (Wildman–Crippen MR) is 107 cm³/mol. The van der Waals surface area contributed by atoms with Gasteiger partial charge in [0.1, 0.15) is 12.6 Å². The Balaban J connectivity index is 1.34. The number of esters is 1. The molecule has 0 aromatic heterocycles. The standard InChI is InChI=1S/C23H22N2O5/c26-20-10-9-19(22(28)24-20)25-13-17-8-6-16(12-18(17)23(25)29)14-30-21(27)11-7-15-4-2-1-3-5-15/h1-6,8,12,19H,7,9-11,13-14H2,(H,24,26,28). The van der Waals surface area contributed by atoms with E-state index in [0.29, 0.717) is 24.9 Å². The van der Waals surface area contributed by atoms with Crippen molar-refractivity contribution in [1.82, 2.24) is 10.2 Å². The third-order valence-corrected chi connectivity index (χ3v) is 5.45. The molecular weight excluding hydrogens is 384 g/mol. The van der Waals surface area contributed by atoms with Crippen LogP contribution >= 0.6 is 0 Å². The van der Waals surface area contributed by atoms with Crippen molar-refractivity contribution in [3.63, 3.8) is 0 Å². The number of amides is 3. The number of fused-ring (bicyclic) bond motifs is 1. The monoisotopic (exact) mass is 406 g/mol. The van der Waals surface area contributed by atoms with Gasteiger partial charge in [0.25, 0.3) is 5.91 Å². The number of imide groups is 1. The van der Waals surface area contributed by atoms with Gasteiger partial charge in [0, 0.05) is 24.9 Å². The van der Waals surface area contributed by atoms with Gasteiger partial charge in [-0.1, -0.05) is 42.5 Å². The second-order valence-corrected chi connectivity index (χ2v) is 7.54. The number of ether oxygens (including phenoxy) is 1. The molecule has 2 aliphatic heterocycles. The molecular formula is C23H22N2O5. The van der Waals surface area contributed by atoms with Gasteiger partial charge in [-0.2, -0.15) is 0 Å². The van der Waals surface area contributed by atoms with Crippen LogP contribution in [-0.2, 0) is 38.7 Å². The van der Waals surface area contributed by atoms with Gasteiger partial charge in [-0.25, -0.2) is 0 Å². The molecule has 0 radical (unpaired) electrons. The smallest absolute Gasteiger partial charge is 0.306 e. The zero-order chi connectivity index (χ0) is 21.1. The van der Waals surface area contributed by atoms with E-state index < -0.39 is 11.9 Å². The molecule has 2 aliphatic rings. The quantitative estimate of drug-likeness (QED) is 0.586. The summed E-state index contributed by atoms with van der Waals surface area (Å²) in [6.45, 7) is 0.421. The average molecular weight is 406 g/mol. The van der Waals surface area contributed by atoms with Gasteiger partial charge in [0.15, 0.2) is 0 Å². The highest BCUT2D eigenvalue weighted by atomic mass is 16.5. The third kappa shape index (κ3) is 4.25. The minimum Gasteiger partial charge on any atom is -0.461 e. The molecule has 0 spiro atoms. The second-order valence-electron chi connectivity index (χ2n) is 7.54. The first-order valence-electron chi connectivity index (χ1n) is 9.97. The molecule has 0 aliphatic carbocycles. The van der Waals surface area contributed by atoms with Crippen LogP contribution in [0.3, 0.4) is 0 Å². The van der Waals surface area contributed by atoms with E-state index in [1.165, 1.54) is 4.90 Å². The summed E-state index contributed by atoms with van der Waals surface area (Å²) in [5.41, 5.74) is 3.13. The van der Waals surface area contributed by atoms with Gasteiger partial charge in [-0.05, 0) is 35.6 Å². The molecule has 1 unspecified atom stereocenters. The highest BCUT2D eigenvalue weighted by molar-refractivity contribution is 6.05.